The number of aliphatic hydroxyl groups is 2. The lowest BCUT2D eigenvalue weighted by molar-refractivity contribution is -0.251. The van der Waals surface area contributed by atoms with E-state index < -0.39 is 60.2 Å². The molecule has 0 spiro atoms. The SMILES string of the molecule is CC(=O)OCc1ccc(O[C@@H]2O[C@H](C(=O)O)[C@@H](O)C(O)[C@H]2C)c(NC(=O)CCNC(=O)CCCN2C(=O)C=CC2=O)c1. The van der Waals surface area contributed by atoms with Gasteiger partial charge >= 0.3 is 11.9 Å². The van der Waals surface area contributed by atoms with Crippen molar-refractivity contribution in [3.63, 3.8) is 0 Å². The minimum atomic E-state index is -1.75. The van der Waals surface area contributed by atoms with Gasteiger partial charge in [0, 0.05) is 50.9 Å². The number of nitrogens with one attached hydrogen (secondary N) is 2. The zero-order chi connectivity index (χ0) is 31.0. The Kier molecular flexibility index (Phi) is 11.1. The number of benzene rings is 1. The molecule has 15 heteroatoms. The molecular formula is C27H33N3O12. The lowest BCUT2D eigenvalue weighted by Gasteiger charge is -2.39. The highest BCUT2D eigenvalue weighted by molar-refractivity contribution is 6.12. The summed E-state index contributed by atoms with van der Waals surface area (Å²) >= 11 is 0. The topological polar surface area (TPSA) is 218 Å². The number of ether oxygens (including phenoxy) is 3. The second-order valence-corrected chi connectivity index (χ2v) is 9.75. The average molecular weight is 592 g/mol. The molecule has 0 aliphatic carbocycles. The van der Waals surface area contributed by atoms with E-state index >= 15 is 0 Å². The predicted molar refractivity (Wildman–Crippen MR) is 141 cm³/mol. The van der Waals surface area contributed by atoms with Gasteiger partial charge in [-0.2, -0.15) is 0 Å². The molecule has 1 aromatic rings. The number of rotatable bonds is 13. The van der Waals surface area contributed by atoms with Crippen LogP contribution in [0.3, 0.4) is 0 Å². The van der Waals surface area contributed by atoms with Crippen LogP contribution >= 0.6 is 0 Å². The van der Waals surface area contributed by atoms with E-state index in [1.165, 1.54) is 26.0 Å². The van der Waals surface area contributed by atoms with Gasteiger partial charge in [0.05, 0.1) is 11.8 Å². The first-order chi connectivity index (χ1) is 19.9. The second-order valence-electron chi connectivity index (χ2n) is 9.75. The maximum atomic E-state index is 12.7. The van der Waals surface area contributed by atoms with Gasteiger partial charge in [0.25, 0.3) is 11.8 Å². The van der Waals surface area contributed by atoms with Gasteiger partial charge in [0.2, 0.25) is 18.1 Å². The molecule has 1 unspecified atom stereocenters. The zero-order valence-corrected chi connectivity index (χ0v) is 23.0. The fraction of sp³-hybridized carbons (Fsp3) is 0.481. The third-order valence-corrected chi connectivity index (χ3v) is 6.52. The summed E-state index contributed by atoms with van der Waals surface area (Å²) in [6.45, 7) is 2.69. The first kappa shape index (κ1) is 32.2. The fourth-order valence-corrected chi connectivity index (χ4v) is 4.18. The number of carboxylic acids is 1. The van der Waals surface area contributed by atoms with Crippen LogP contribution < -0.4 is 15.4 Å². The van der Waals surface area contributed by atoms with Gasteiger partial charge < -0.3 is 40.2 Å². The van der Waals surface area contributed by atoms with Crippen LogP contribution in [0.25, 0.3) is 0 Å². The first-order valence-electron chi connectivity index (χ1n) is 13.1. The minimum Gasteiger partial charge on any atom is -0.479 e. The number of hydrogen-bond acceptors (Lipinski definition) is 11. The van der Waals surface area contributed by atoms with Crippen molar-refractivity contribution in [2.75, 3.05) is 18.4 Å². The number of imide groups is 1. The summed E-state index contributed by atoms with van der Waals surface area (Å²) in [5, 5.41) is 34.9. The van der Waals surface area contributed by atoms with E-state index in [0.29, 0.717) is 5.56 Å². The monoisotopic (exact) mass is 591 g/mol. The van der Waals surface area contributed by atoms with Crippen LogP contribution in [0.5, 0.6) is 5.75 Å². The summed E-state index contributed by atoms with van der Waals surface area (Å²) < 4.78 is 16.2. The number of nitrogens with zero attached hydrogens (tertiary/aromatic N) is 1. The van der Waals surface area contributed by atoms with E-state index in [2.05, 4.69) is 10.6 Å². The highest BCUT2D eigenvalue weighted by atomic mass is 16.7. The normalized spacial score (nSPS) is 23.4. The van der Waals surface area contributed by atoms with Gasteiger partial charge in [-0.05, 0) is 24.1 Å². The van der Waals surface area contributed by atoms with Gasteiger partial charge in [0.15, 0.2) is 6.10 Å². The molecule has 228 valence electrons. The number of carboxylic acid groups (broad SMARTS) is 1. The Balaban J connectivity index is 1.59. The Labute approximate surface area is 240 Å². The van der Waals surface area contributed by atoms with Crippen molar-refractivity contribution in [2.45, 2.75) is 64.3 Å². The van der Waals surface area contributed by atoms with Gasteiger partial charge in [-0.3, -0.25) is 28.9 Å². The van der Waals surface area contributed by atoms with E-state index in [4.69, 9.17) is 14.2 Å². The van der Waals surface area contributed by atoms with Crippen LogP contribution in [-0.2, 0) is 44.8 Å². The third kappa shape index (κ3) is 8.58. The van der Waals surface area contributed by atoms with Crippen molar-refractivity contribution in [3.05, 3.63) is 35.9 Å². The maximum absolute atomic E-state index is 12.7. The van der Waals surface area contributed by atoms with Crippen molar-refractivity contribution in [3.8, 4) is 5.75 Å². The van der Waals surface area contributed by atoms with Gasteiger partial charge in [0.1, 0.15) is 18.5 Å². The smallest absolute Gasteiger partial charge is 0.335 e. The fourth-order valence-electron chi connectivity index (χ4n) is 4.18. The van der Waals surface area contributed by atoms with Crippen LogP contribution in [-0.4, -0.2) is 93.5 Å². The van der Waals surface area contributed by atoms with Crippen LogP contribution in [0.4, 0.5) is 5.69 Å². The molecule has 0 aromatic heterocycles. The van der Waals surface area contributed by atoms with Crippen molar-refractivity contribution in [1.29, 1.82) is 0 Å². The maximum Gasteiger partial charge on any atom is 0.335 e. The van der Waals surface area contributed by atoms with Crippen LogP contribution in [0.15, 0.2) is 30.4 Å². The molecule has 2 heterocycles. The number of hydrogen-bond donors (Lipinski definition) is 5. The van der Waals surface area contributed by atoms with Crippen LogP contribution in [0, 0.1) is 5.92 Å². The minimum absolute atomic E-state index is 0.0235. The lowest BCUT2D eigenvalue weighted by atomic mass is 9.92. The molecule has 5 N–H and O–H groups in total. The van der Waals surface area contributed by atoms with Gasteiger partial charge in [-0.15, -0.1) is 0 Å². The molecule has 1 fully saturated rings. The number of anilines is 1. The van der Waals surface area contributed by atoms with E-state index in [-0.39, 0.29) is 56.3 Å². The molecule has 2 aliphatic heterocycles. The van der Waals surface area contributed by atoms with Crippen molar-refractivity contribution in [2.24, 2.45) is 5.92 Å². The molecule has 15 nitrogen and oxygen atoms in total. The highest BCUT2D eigenvalue weighted by Gasteiger charge is 2.46. The van der Waals surface area contributed by atoms with Gasteiger partial charge in [-0.25, -0.2) is 4.79 Å². The predicted octanol–water partition coefficient (Wildman–Crippen LogP) is -0.554. The first-order valence-corrected chi connectivity index (χ1v) is 13.1. The molecular weight excluding hydrogens is 558 g/mol. The number of carbonyl (C=O) groups is 6. The molecule has 3 rings (SSSR count). The Hall–Kier alpha value is -4.34. The van der Waals surface area contributed by atoms with Crippen molar-refractivity contribution in [1.82, 2.24) is 10.2 Å². The summed E-state index contributed by atoms with van der Waals surface area (Å²) in [7, 11) is 0. The lowest BCUT2D eigenvalue weighted by Crippen LogP contribution is -2.57. The molecule has 1 aromatic carbocycles. The molecule has 42 heavy (non-hydrogen) atoms. The number of carbonyl (C=O) groups excluding carboxylic acids is 5. The standard InChI is InChI=1S/C27H33N3O12/c1-14-23(36)24(37)25(26(38)39)42-27(14)41-18-6-5-16(13-40-15(2)31)12-17(18)29-20(33)9-10-28-19(32)4-3-11-30-21(34)7-8-22(30)35/h5-8,12,14,23-25,27,36-37H,3-4,9-11,13H2,1-2H3,(H,28,32)(H,29,33)(H,38,39)/t14-,23?,24+,25+,27-/m1/s1. The molecule has 1 saturated heterocycles. The summed E-state index contributed by atoms with van der Waals surface area (Å²) in [6, 6.07) is 4.45. The third-order valence-electron chi connectivity index (χ3n) is 6.52. The number of aliphatic carboxylic acids is 1. The zero-order valence-electron chi connectivity index (χ0n) is 23.0. The van der Waals surface area contributed by atoms with Crippen LogP contribution in [0.1, 0.15) is 38.7 Å². The largest absolute Gasteiger partial charge is 0.479 e. The number of aliphatic hydroxyl groups excluding tert-OH is 2. The molecule has 0 saturated carbocycles. The van der Waals surface area contributed by atoms with E-state index in [1.807, 2.05) is 0 Å². The average Bonchev–Trinajstić information content (AvgIpc) is 3.25. The van der Waals surface area contributed by atoms with E-state index in [0.717, 1.165) is 17.1 Å². The summed E-state index contributed by atoms with van der Waals surface area (Å²) in [6.07, 6.45) is -3.74. The Morgan fingerprint density at radius 3 is 2.36 bits per heavy atom. The molecule has 0 radical (unpaired) electrons. The second kappa shape index (κ2) is 14.5. The number of esters is 1. The van der Waals surface area contributed by atoms with Crippen molar-refractivity contribution >= 4 is 41.3 Å². The van der Waals surface area contributed by atoms with Crippen LogP contribution in [0.2, 0.25) is 0 Å². The number of amides is 4. The van der Waals surface area contributed by atoms with E-state index in [9.17, 15) is 44.1 Å². The molecule has 4 amide bonds. The molecule has 2 aliphatic rings. The Morgan fingerprint density at radius 2 is 1.71 bits per heavy atom. The molecule has 0 bridgehead atoms. The Bertz CT molecular complexity index is 1230. The summed E-state index contributed by atoms with van der Waals surface area (Å²) in [5.41, 5.74) is 0.607. The van der Waals surface area contributed by atoms with E-state index in [1.54, 1.807) is 6.07 Å². The summed E-state index contributed by atoms with van der Waals surface area (Å²) in [4.78, 5) is 71.7. The van der Waals surface area contributed by atoms with Crippen molar-refractivity contribution < 1.29 is 58.3 Å². The quantitative estimate of drug-likeness (QED) is 0.144. The van der Waals surface area contributed by atoms with Gasteiger partial charge in [-0.1, -0.05) is 13.0 Å². The molecule has 5 atom stereocenters. The summed E-state index contributed by atoms with van der Waals surface area (Å²) in [5.74, 6) is -4.60. The Morgan fingerprint density at radius 1 is 1.02 bits per heavy atom. The highest BCUT2D eigenvalue weighted by Crippen LogP contribution is 2.33.